The molecule has 4 aromatic rings. The zero-order valence-electron chi connectivity index (χ0n) is 11.0. The van der Waals surface area contributed by atoms with E-state index in [1.807, 2.05) is 31.0 Å². The molecule has 0 fully saturated rings. The van der Waals surface area contributed by atoms with Crippen molar-refractivity contribution in [1.82, 2.24) is 18.9 Å². The topological polar surface area (TPSA) is 39.0 Å². The van der Waals surface area contributed by atoms with Crippen molar-refractivity contribution >= 4 is 16.7 Å². The summed E-state index contributed by atoms with van der Waals surface area (Å²) in [6.45, 7) is 0.894. The predicted octanol–water partition coefficient (Wildman–Crippen LogP) is 1.54. The summed E-state index contributed by atoms with van der Waals surface area (Å²) in [5.74, 6) is 1.22. The van der Waals surface area contributed by atoms with E-state index in [0.29, 0.717) is 0 Å². The van der Waals surface area contributed by atoms with E-state index < -0.39 is 0 Å². The molecule has 5 rings (SSSR count). The summed E-state index contributed by atoms with van der Waals surface area (Å²) < 4.78 is 6.74. The van der Waals surface area contributed by atoms with E-state index in [9.17, 15) is 0 Å². The maximum absolute atomic E-state index is 4.27. The number of nitrogens with zero attached hydrogens (tertiary/aromatic N) is 5. The third kappa shape index (κ3) is 1.02. The van der Waals surface area contributed by atoms with Crippen LogP contribution in [0.1, 0.15) is 5.56 Å². The number of hydrogen-bond donors (Lipinski definition) is 0. The van der Waals surface area contributed by atoms with Crippen molar-refractivity contribution in [1.29, 1.82) is 0 Å². The van der Waals surface area contributed by atoms with E-state index in [-0.39, 0.29) is 0 Å². The van der Waals surface area contributed by atoms with Crippen LogP contribution < -0.4 is 4.57 Å². The van der Waals surface area contributed by atoms with Gasteiger partial charge in [0.15, 0.2) is 11.8 Å². The summed E-state index contributed by atoms with van der Waals surface area (Å²) >= 11 is 0. The first kappa shape index (κ1) is 10.1. The smallest absolute Gasteiger partial charge is 0.264 e. The maximum atomic E-state index is 4.27. The molecule has 0 aromatic carbocycles. The van der Waals surface area contributed by atoms with Crippen LogP contribution in [0.3, 0.4) is 0 Å². The Hall–Kier alpha value is -2.69. The number of imidazole rings is 1. The van der Waals surface area contributed by atoms with Crippen molar-refractivity contribution in [3.8, 4) is 11.4 Å². The Bertz CT molecular complexity index is 992. The van der Waals surface area contributed by atoms with Crippen LogP contribution in [-0.2, 0) is 13.6 Å². The molecular formula is C15H12N5+. The van der Waals surface area contributed by atoms with Gasteiger partial charge in [-0.1, -0.05) is 0 Å². The highest BCUT2D eigenvalue weighted by Crippen LogP contribution is 2.30. The van der Waals surface area contributed by atoms with Crippen LogP contribution in [0.5, 0.6) is 0 Å². The Morgan fingerprint density at radius 1 is 1.20 bits per heavy atom. The Morgan fingerprint density at radius 2 is 2.10 bits per heavy atom. The minimum atomic E-state index is 0.894. The molecule has 4 aromatic heterocycles. The number of hydrogen-bond acceptors (Lipinski definition) is 2. The second-order valence-electron chi connectivity index (χ2n) is 5.23. The highest BCUT2D eigenvalue weighted by atomic mass is 15.2. The van der Waals surface area contributed by atoms with E-state index >= 15 is 0 Å². The molecule has 0 spiro atoms. The molecule has 0 saturated heterocycles. The number of aryl methyl sites for hydroxylation is 1. The van der Waals surface area contributed by atoms with Crippen molar-refractivity contribution in [3.05, 3.63) is 48.7 Å². The van der Waals surface area contributed by atoms with Gasteiger partial charge < -0.3 is 0 Å². The minimum Gasteiger partial charge on any atom is -0.264 e. The van der Waals surface area contributed by atoms with E-state index in [4.69, 9.17) is 0 Å². The molecule has 0 aliphatic carbocycles. The summed E-state index contributed by atoms with van der Waals surface area (Å²) in [5, 5.41) is 0. The van der Waals surface area contributed by atoms with Crippen molar-refractivity contribution in [2.24, 2.45) is 7.05 Å². The molecule has 0 N–H and O–H groups in total. The van der Waals surface area contributed by atoms with Crippen LogP contribution in [0, 0.1) is 0 Å². The largest absolute Gasteiger partial charge is 0.275 e. The van der Waals surface area contributed by atoms with Crippen LogP contribution in [0.2, 0.25) is 0 Å². The van der Waals surface area contributed by atoms with Gasteiger partial charge in [0.05, 0.1) is 19.2 Å². The van der Waals surface area contributed by atoms with E-state index in [1.54, 1.807) is 0 Å². The minimum absolute atomic E-state index is 0.894. The number of fused-ring (bicyclic) bond motifs is 7. The standard InChI is InChI=1S/C15H12N5/c1-18-13-6-11-3-5-17-9-20(11)15(13)19-8-10-2-4-16-7-12(10)14(18)19/h2-7,9H,8H2,1H3/q+1. The van der Waals surface area contributed by atoms with E-state index in [1.165, 1.54) is 33.6 Å². The molecule has 0 saturated carbocycles. The fourth-order valence-electron chi connectivity index (χ4n) is 3.31. The summed E-state index contributed by atoms with van der Waals surface area (Å²) in [7, 11) is 2.11. The zero-order chi connectivity index (χ0) is 13.3. The molecule has 5 heteroatoms. The maximum Gasteiger partial charge on any atom is 0.275 e. The predicted molar refractivity (Wildman–Crippen MR) is 74.2 cm³/mol. The second kappa shape index (κ2) is 3.25. The van der Waals surface area contributed by atoms with Gasteiger partial charge in [-0.05, 0) is 12.1 Å². The Morgan fingerprint density at radius 3 is 3.05 bits per heavy atom. The Balaban J connectivity index is 1.99. The molecule has 96 valence electrons. The Labute approximate surface area is 114 Å². The van der Waals surface area contributed by atoms with Crippen LogP contribution in [0.25, 0.3) is 28.1 Å². The summed E-state index contributed by atoms with van der Waals surface area (Å²) in [4.78, 5) is 8.51. The first-order valence-corrected chi connectivity index (χ1v) is 6.61. The lowest BCUT2D eigenvalue weighted by atomic mass is 10.2. The van der Waals surface area contributed by atoms with Crippen molar-refractivity contribution in [2.45, 2.75) is 6.54 Å². The van der Waals surface area contributed by atoms with Crippen LogP contribution in [-0.4, -0.2) is 18.9 Å². The molecule has 5 heterocycles. The van der Waals surface area contributed by atoms with E-state index in [0.717, 1.165) is 6.54 Å². The van der Waals surface area contributed by atoms with Crippen molar-refractivity contribution < 1.29 is 4.57 Å². The van der Waals surface area contributed by atoms with Crippen molar-refractivity contribution in [2.75, 3.05) is 0 Å². The lowest BCUT2D eigenvalue weighted by molar-refractivity contribution is -0.648. The summed E-state index contributed by atoms with van der Waals surface area (Å²) in [5.41, 5.74) is 6.14. The normalized spacial score (nSPS) is 13.1. The fourth-order valence-corrected chi connectivity index (χ4v) is 3.31. The molecule has 20 heavy (non-hydrogen) atoms. The average molecular weight is 262 g/mol. The zero-order valence-corrected chi connectivity index (χ0v) is 11.0. The van der Waals surface area contributed by atoms with Crippen molar-refractivity contribution in [3.63, 3.8) is 0 Å². The lowest BCUT2D eigenvalue weighted by Gasteiger charge is -1.95. The lowest BCUT2D eigenvalue weighted by Crippen LogP contribution is -2.32. The SMILES string of the molecule is Cn1c2[n+](c3c1cc1ccncn13)Cc1ccncc1-2. The molecule has 0 unspecified atom stereocenters. The second-order valence-corrected chi connectivity index (χ2v) is 5.23. The molecule has 5 nitrogen and oxygen atoms in total. The monoisotopic (exact) mass is 262 g/mol. The van der Waals surface area contributed by atoms with Gasteiger partial charge in [0.2, 0.25) is 5.82 Å². The number of pyridine rings is 1. The summed E-state index contributed by atoms with van der Waals surface area (Å²) in [6, 6.07) is 6.34. The van der Waals surface area contributed by atoms with Gasteiger partial charge in [-0.3, -0.25) is 9.55 Å². The highest BCUT2D eigenvalue weighted by molar-refractivity contribution is 5.82. The molecule has 0 bridgehead atoms. The van der Waals surface area contributed by atoms with Crippen LogP contribution in [0.4, 0.5) is 0 Å². The molecule has 0 radical (unpaired) electrons. The van der Waals surface area contributed by atoms with Crippen LogP contribution >= 0.6 is 0 Å². The van der Waals surface area contributed by atoms with Gasteiger partial charge >= 0.3 is 0 Å². The Kier molecular flexibility index (Phi) is 1.65. The van der Waals surface area contributed by atoms with Gasteiger partial charge in [-0.2, -0.15) is 0 Å². The van der Waals surface area contributed by atoms with Gasteiger partial charge in [0.1, 0.15) is 5.52 Å². The molecule has 0 amide bonds. The molecule has 1 aliphatic rings. The molecule has 0 atom stereocenters. The molecule has 1 aliphatic heterocycles. The third-order valence-electron chi connectivity index (χ3n) is 4.20. The van der Waals surface area contributed by atoms with Crippen LogP contribution in [0.15, 0.2) is 43.1 Å². The van der Waals surface area contributed by atoms with Gasteiger partial charge in [0.25, 0.3) is 5.65 Å². The first-order valence-electron chi connectivity index (χ1n) is 6.61. The fraction of sp³-hybridized carbons (Fsp3) is 0.133. The third-order valence-corrected chi connectivity index (χ3v) is 4.20. The number of aromatic nitrogens is 5. The highest BCUT2D eigenvalue weighted by Gasteiger charge is 2.32. The van der Waals surface area contributed by atoms with Gasteiger partial charge in [0, 0.05) is 30.2 Å². The van der Waals surface area contributed by atoms with Gasteiger partial charge in [-0.25, -0.2) is 14.0 Å². The average Bonchev–Trinajstić information content (AvgIpc) is 3.10. The summed E-state index contributed by atoms with van der Waals surface area (Å²) in [6.07, 6.45) is 7.53. The first-order chi connectivity index (χ1) is 9.84. The van der Waals surface area contributed by atoms with Gasteiger partial charge in [-0.15, -0.1) is 0 Å². The van der Waals surface area contributed by atoms with E-state index in [2.05, 4.69) is 42.7 Å². The molecular weight excluding hydrogens is 250 g/mol. The quantitative estimate of drug-likeness (QED) is 0.397. The number of rotatable bonds is 0.